The monoisotopic (exact) mass is 463 g/mol. The first kappa shape index (κ1) is 20.0. The molecule has 2 heterocycles. The van der Waals surface area contributed by atoms with E-state index in [2.05, 4.69) is 4.98 Å². The van der Waals surface area contributed by atoms with Crippen LogP contribution in [0.1, 0.15) is 30.6 Å². The quantitative estimate of drug-likeness (QED) is 0.353. The normalized spacial score (nSPS) is 16.5. The lowest BCUT2D eigenvalue weighted by atomic mass is 9.90. The number of thiazole rings is 1. The highest BCUT2D eigenvalue weighted by atomic mass is 32.2. The van der Waals surface area contributed by atoms with E-state index < -0.39 is 11.2 Å². The van der Waals surface area contributed by atoms with Crippen molar-refractivity contribution in [1.29, 1.82) is 0 Å². The fourth-order valence-electron chi connectivity index (χ4n) is 4.49. The van der Waals surface area contributed by atoms with E-state index in [1.807, 2.05) is 30.5 Å². The minimum Gasteiger partial charge on any atom is -0.508 e. The van der Waals surface area contributed by atoms with Gasteiger partial charge in [0, 0.05) is 22.5 Å². The first-order valence-corrected chi connectivity index (χ1v) is 12.4. The van der Waals surface area contributed by atoms with Gasteiger partial charge >= 0.3 is 5.63 Å². The number of aromatic hydroxyl groups is 1. The van der Waals surface area contributed by atoms with Crippen molar-refractivity contribution >= 4 is 34.1 Å². The van der Waals surface area contributed by atoms with Crippen LogP contribution in [-0.2, 0) is 5.60 Å². The number of nitrogens with zero attached hydrogens (tertiary/aromatic N) is 1. The van der Waals surface area contributed by atoms with Gasteiger partial charge in [0.2, 0.25) is 0 Å². The third-order valence-corrected chi connectivity index (χ3v) is 8.56. The van der Waals surface area contributed by atoms with Gasteiger partial charge in [-0.15, -0.1) is 11.3 Å². The smallest absolute Gasteiger partial charge is 0.336 e. The molecule has 0 aliphatic heterocycles. The number of hydrogen-bond donors (Lipinski definition) is 2. The minimum absolute atomic E-state index is 0.146. The van der Waals surface area contributed by atoms with E-state index in [1.165, 1.54) is 17.8 Å². The molecule has 2 saturated carbocycles. The molecule has 7 heteroatoms. The molecule has 2 aliphatic rings. The van der Waals surface area contributed by atoms with Crippen LogP contribution in [0, 0.1) is 11.8 Å². The molecule has 0 bridgehead atoms. The molecule has 2 aromatic carbocycles. The molecule has 0 saturated heterocycles. The van der Waals surface area contributed by atoms with Crippen LogP contribution in [0.2, 0.25) is 0 Å². The van der Waals surface area contributed by atoms with Crippen molar-refractivity contribution in [2.45, 2.75) is 40.5 Å². The van der Waals surface area contributed by atoms with E-state index in [0.29, 0.717) is 17.4 Å². The van der Waals surface area contributed by atoms with E-state index in [1.54, 1.807) is 29.5 Å². The highest BCUT2D eigenvalue weighted by Gasteiger charge is 2.55. The molecule has 0 amide bonds. The molecule has 162 valence electrons. The van der Waals surface area contributed by atoms with Crippen molar-refractivity contribution in [2.75, 3.05) is 0 Å². The summed E-state index contributed by atoms with van der Waals surface area (Å²) in [5.74, 6) is 0.895. The summed E-state index contributed by atoms with van der Waals surface area (Å²) in [4.78, 5) is 18.7. The molecular weight excluding hydrogens is 442 g/mol. The van der Waals surface area contributed by atoms with Crippen LogP contribution in [0.5, 0.6) is 5.75 Å². The SMILES string of the molecule is O=c1cc(-c2cccc(O)c2)c2ccc(Sc3ncc(C(O)(C4CC4)C4CC4)s3)cc2o1. The molecule has 0 unspecified atom stereocenters. The number of fused-ring (bicyclic) bond motifs is 1. The molecule has 32 heavy (non-hydrogen) atoms. The predicted octanol–water partition coefficient (Wildman–Crippen LogP) is 5.78. The highest BCUT2D eigenvalue weighted by Crippen LogP contribution is 2.58. The average Bonchev–Trinajstić information content (AvgIpc) is 3.70. The Bertz CT molecular complexity index is 1370. The summed E-state index contributed by atoms with van der Waals surface area (Å²) in [6, 6.07) is 14.1. The first-order chi connectivity index (χ1) is 15.5. The Morgan fingerprint density at radius 3 is 2.56 bits per heavy atom. The van der Waals surface area contributed by atoms with Crippen molar-refractivity contribution in [2.24, 2.45) is 11.8 Å². The van der Waals surface area contributed by atoms with Crippen molar-refractivity contribution in [3.8, 4) is 16.9 Å². The number of rotatable bonds is 6. The number of aromatic nitrogens is 1. The summed E-state index contributed by atoms with van der Waals surface area (Å²) >= 11 is 3.07. The molecule has 0 radical (unpaired) electrons. The summed E-state index contributed by atoms with van der Waals surface area (Å²) in [6.45, 7) is 0. The lowest BCUT2D eigenvalue weighted by Gasteiger charge is -2.26. The maximum atomic E-state index is 12.2. The summed E-state index contributed by atoms with van der Waals surface area (Å²) in [5, 5.41) is 22.0. The molecule has 2 aliphatic carbocycles. The number of phenols is 1. The van der Waals surface area contributed by atoms with Crippen LogP contribution in [0.15, 0.2) is 73.2 Å². The number of phenolic OH excluding ortho intramolecular Hbond substituents is 1. The topological polar surface area (TPSA) is 83.6 Å². The van der Waals surface area contributed by atoms with Gasteiger partial charge in [0.05, 0.1) is 4.88 Å². The third-order valence-electron chi connectivity index (χ3n) is 6.36. The van der Waals surface area contributed by atoms with Crippen molar-refractivity contribution in [1.82, 2.24) is 4.98 Å². The van der Waals surface area contributed by atoms with Crippen LogP contribution >= 0.6 is 23.1 Å². The first-order valence-electron chi connectivity index (χ1n) is 10.7. The van der Waals surface area contributed by atoms with E-state index in [0.717, 1.165) is 56.3 Å². The molecule has 5 nitrogen and oxygen atoms in total. The highest BCUT2D eigenvalue weighted by molar-refractivity contribution is 8.01. The predicted molar refractivity (Wildman–Crippen MR) is 125 cm³/mol. The Labute approximate surface area is 192 Å². The standard InChI is InChI=1S/C25H21NO4S2/c27-17-3-1-2-14(10-17)20-12-23(28)30-21-11-18(8-9-19(20)21)31-24-26-13-22(32-24)25(29,15-4-5-15)16-6-7-16/h1-3,8-13,15-16,27,29H,4-7H2. The van der Waals surface area contributed by atoms with Gasteiger partial charge in [-0.05, 0) is 79.0 Å². The van der Waals surface area contributed by atoms with Gasteiger partial charge in [0.15, 0.2) is 4.34 Å². The largest absolute Gasteiger partial charge is 0.508 e. The fraction of sp³-hybridized carbons (Fsp3) is 0.280. The van der Waals surface area contributed by atoms with E-state index in [9.17, 15) is 15.0 Å². The van der Waals surface area contributed by atoms with Gasteiger partial charge in [-0.1, -0.05) is 23.9 Å². The molecule has 0 spiro atoms. The van der Waals surface area contributed by atoms with Gasteiger partial charge in [0.1, 0.15) is 16.9 Å². The van der Waals surface area contributed by atoms with Crippen LogP contribution in [0.4, 0.5) is 0 Å². The van der Waals surface area contributed by atoms with Crippen LogP contribution in [0.3, 0.4) is 0 Å². The average molecular weight is 464 g/mol. The molecule has 2 N–H and O–H groups in total. The van der Waals surface area contributed by atoms with Crippen LogP contribution in [0.25, 0.3) is 22.1 Å². The summed E-state index contributed by atoms with van der Waals surface area (Å²) in [5.41, 5.74) is 0.827. The second kappa shape index (κ2) is 7.47. The Kier molecular flexibility index (Phi) is 4.68. The summed E-state index contributed by atoms with van der Waals surface area (Å²) in [7, 11) is 0. The van der Waals surface area contributed by atoms with Crippen molar-refractivity contribution < 1.29 is 14.6 Å². The summed E-state index contributed by atoms with van der Waals surface area (Å²) in [6.07, 6.45) is 6.22. The van der Waals surface area contributed by atoms with Gasteiger partial charge in [-0.3, -0.25) is 0 Å². The second-order valence-electron chi connectivity index (χ2n) is 8.65. The Morgan fingerprint density at radius 1 is 1.06 bits per heavy atom. The second-order valence-corrected chi connectivity index (χ2v) is 11.0. The minimum atomic E-state index is -0.706. The van der Waals surface area contributed by atoms with E-state index in [-0.39, 0.29) is 5.75 Å². The molecule has 4 aromatic rings. The Morgan fingerprint density at radius 2 is 1.84 bits per heavy atom. The van der Waals surface area contributed by atoms with Gasteiger partial charge < -0.3 is 14.6 Å². The lowest BCUT2D eigenvalue weighted by Crippen LogP contribution is -2.29. The third kappa shape index (κ3) is 3.54. The molecule has 6 rings (SSSR count). The van der Waals surface area contributed by atoms with Crippen molar-refractivity contribution in [3.63, 3.8) is 0 Å². The number of benzene rings is 2. The zero-order chi connectivity index (χ0) is 21.9. The Hall–Kier alpha value is -2.61. The maximum Gasteiger partial charge on any atom is 0.336 e. The molecule has 0 atom stereocenters. The van der Waals surface area contributed by atoms with Gasteiger partial charge in [-0.25, -0.2) is 9.78 Å². The maximum absolute atomic E-state index is 12.2. The fourth-order valence-corrected chi connectivity index (χ4v) is 6.72. The van der Waals surface area contributed by atoms with Crippen molar-refractivity contribution in [3.05, 3.63) is 70.0 Å². The van der Waals surface area contributed by atoms with Gasteiger partial charge in [0.25, 0.3) is 0 Å². The number of hydrogen-bond acceptors (Lipinski definition) is 7. The van der Waals surface area contributed by atoms with E-state index >= 15 is 0 Å². The number of aliphatic hydroxyl groups is 1. The zero-order valence-electron chi connectivity index (χ0n) is 17.2. The Balaban J connectivity index is 1.33. The van der Waals surface area contributed by atoms with Crippen LogP contribution in [-0.4, -0.2) is 15.2 Å². The molecule has 2 aromatic heterocycles. The van der Waals surface area contributed by atoms with Crippen LogP contribution < -0.4 is 5.63 Å². The molecular formula is C25H21NO4S2. The lowest BCUT2D eigenvalue weighted by molar-refractivity contribution is -0.00681. The zero-order valence-corrected chi connectivity index (χ0v) is 18.8. The molecule has 2 fully saturated rings. The van der Waals surface area contributed by atoms with E-state index in [4.69, 9.17) is 4.42 Å². The van der Waals surface area contributed by atoms with Gasteiger partial charge in [-0.2, -0.15) is 0 Å². The summed E-state index contributed by atoms with van der Waals surface area (Å²) < 4.78 is 6.35.